The summed E-state index contributed by atoms with van der Waals surface area (Å²) in [6.45, 7) is 0.556. The predicted octanol–water partition coefficient (Wildman–Crippen LogP) is 1.87. The zero-order valence-corrected chi connectivity index (χ0v) is 11.8. The average molecular weight is 308 g/mol. The number of sulfonamides is 1. The maximum Gasteiger partial charge on any atom is 0.244 e. The quantitative estimate of drug-likeness (QED) is 0.927. The van der Waals surface area contributed by atoms with Crippen molar-refractivity contribution in [1.29, 1.82) is 0 Å². The molecule has 2 rings (SSSR count). The van der Waals surface area contributed by atoms with Crippen LogP contribution in [0.25, 0.3) is 0 Å². The molecule has 4 nitrogen and oxygen atoms in total. The van der Waals surface area contributed by atoms with Gasteiger partial charge >= 0.3 is 0 Å². The number of hydrogen-bond donors (Lipinski definition) is 1. The Bertz CT molecular complexity index is 564. The van der Waals surface area contributed by atoms with Crippen molar-refractivity contribution in [3.05, 3.63) is 29.0 Å². The Balaban J connectivity index is 2.34. The molecule has 0 aromatic heterocycles. The predicted molar refractivity (Wildman–Crippen MR) is 70.0 cm³/mol. The van der Waals surface area contributed by atoms with E-state index in [-0.39, 0.29) is 29.0 Å². The second-order valence-corrected chi connectivity index (χ2v) is 6.94. The molecule has 0 radical (unpaired) electrons. The molecule has 19 heavy (non-hydrogen) atoms. The van der Waals surface area contributed by atoms with Gasteiger partial charge in [0.05, 0.1) is 5.02 Å². The molecule has 106 valence electrons. The fourth-order valence-electron chi connectivity index (χ4n) is 2.21. The van der Waals surface area contributed by atoms with Crippen molar-refractivity contribution in [2.75, 3.05) is 19.7 Å². The van der Waals surface area contributed by atoms with Crippen LogP contribution in [-0.4, -0.2) is 37.5 Å². The largest absolute Gasteiger partial charge is 0.396 e. The van der Waals surface area contributed by atoms with Crippen molar-refractivity contribution in [1.82, 2.24) is 4.31 Å². The summed E-state index contributed by atoms with van der Waals surface area (Å²) in [5.41, 5.74) is 0. The SMILES string of the molecule is O=S(=O)(c1cc(F)ccc1Cl)N1CCCC(CO)C1. The number of piperidine rings is 1. The van der Waals surface area contributed by atoms with Gasteiger partial charge in [0.1, 0.15) is 10.7 Å². The van der Waals surface area contributed by atoms with E-state index in [0.29, 0.717) is 13.0 Å². The maximum absolute atomic E-state index is 13.2. The van der Waals surface area contributed by atoms with Crippen molar-refractivity contribution in [3.63, 3.8) is 0 Å². The molecule has 1 heterocycles. The molecular weight excluding hydrogens is 293 g/mol. The lowest BCUT2D eigenvalue weighted by Gasteiger charge is -2.31. The summed E-state index contributed by atoms with van der Waals surface area (Å²) in [7, 11) is -3.81. The molecule has 1 unspecified atom stereocenters. The number of aliphatic hydroxyl groups excluding tert-OH is 1. The molecule has 7 heteroatoms. The van der Waals surface area contributed by atoms with E-state index in [4.69, 9.17) is 16.7 Å². The van der Waals surface area contributed by atoms with Crippen molar-refractivity contribution >= 4 is 21.6 Å². The molecule has 1 aromatic carbocycles. The molecule has 0 saturated carbocycles. The molecule has 0 aliphatic carbocycles. The Morgan fingerprint density at radius 1 is 1.47 bits per heavy atom. The third-order valence-corrected chi connectivity index (χ3v) is 5.60. The first kappa shape index (κ1) is 14.7. The normalized spacial score (nSPS) is 21.5. The third-order valence-electron chi connectivity index (χ3n) is 3.25. The van der Waals surface area contributed by atoms with Crippen LogP contribution in [0.1, 0.15) is 12.8 Å². The van der Waals surface area contributed by atoms with Gasteiger partial charge in [-0.1, -0.05) is 11.6 Å². The number of hydrogen-bond acceptors (Lipinski definition) is 3. The molecule has 1 N–H and O–H groups in total. The Labute approximate surface area is 116 Å². The highest BCUT2D eigenvalue weighted by atomic mass is 35.5. The lowest BCUT2D eigenvalue weighted by molar-refractivity contribution is 0.165. The van der Waals surface area contributed by atoms with Crippen molar-refractivity contribution < 1.29 is 17.9 Å². The van der Waals surface area contributed by atoms with Gasteiger partial charge in [0.15, 0.2) is 0 Å². The van der Waals surface area contributed by atoms with E-state index in [1.807, 2.05) is 0 Å². The average Bonchev–Trinajstić information content (AvgIpc) is 2.41. The minimum Gasteiger partial charge on any atom is -0.396 e. The monoisotopic (exact) mass is 307 g/mol. The molecule has 1 saturated heterocycles. The fourth-order valence-corrected chi connectivity index (χ4v) is 4.25. The highest BCUT2D eigenvalue weighted by Gasteiger charge is 2.31. The van der Waals surface area contributed by atoms with Gasteiger partial charge in [-0.3, -0.25) is 0 Å². The smallest absolute Gasteiger partial charge is 0.244 e. The number of nitrogens with zero attached hydrogens (tertiary/aromatic N) is 1. The van der Waals surface area contributed by atoms with Crippen LogP contribution in [0.5, 0.6) is 0 Å². The Hall–Kier alpha value is -0.690. The van der Waals surface area contributed by atoms with Gasteiger partial charge in [0.2, 0.25) is 10.0 Å². The number of aliphatic hydroxyl groups is 1. The van der Waals surface area contributed by atoms with Crippen LogP contribution < -0.4 is 0 Å². The van der Waals surface area contributed by atoms with E-state index >= 15 is 0 Å². The van der Waals surface area contributed by atoms with Crippen LogP contribution in [0, 0.1) is 11.7 Å². The number of halogens is 2. The molecule has 0 amide bonds. The van der Waals surface area contributed by atoms with Gasteiger partial charge in [0, 0.05) is 19.7 Å². The zero-order valence-electron chi connectivity index (χ0n) is 10.2. The molecule has 1 aliphatic heterocycles. The standard InChI is InChI=1S/C12H15ClFNO3S/c13-11-4-3-10(14)6-12(11)19(17,18)15-5-1-2-9(7-15)8-16/h3-4,6,9,16H,1-2,5,7-8H2. The van der Waals surface area contributed by atoms with Gasteiger partial charge in [-0.2, -0.15) is 4.31 Å². The summed E-state index contributed by atoms with van der Waals surface area (Å²) in [4.78, 5) is -0.215. The van der Waals surface area contributed by atoms with Crippen molar-refractivity contribution in [2.45, 2.75) is 17.7 Å². The highest BCUT2D eigenvalue weighted by Crippen LogP contribution is 2.28. The van der Waals surface area contributed by atoms with Gasteiger partial charge < -0.3 is 5.11 Å². The van der Waals surface area contributed by atoms with Crippen molar-refractivity contribution in [3.8, 4) is 0 Å². The van der Waals surface area contributed by atoms with Gasteiger partial charge in [0.25, 0.3) is 0 Å². The zero-order chi connectivity index (χ0) is 14.0. The van der Waals surface area contributed by atoms with Crippen LogP contribution in [-0.2, 0) is 10.0 Å². The summed E-state index contributed by atoms with van der Waals surface area (Å²) in [6.07, 6.45) is 1.47. The van der Waals surface area contributed by atoms with E-state index in [1.54, 1.807) is 0 Å². The van der Waals surface area contributed by atoms with Crippen LogP contribution in [0.2, 0.25) is 5.02 Å². The van der Waals surface area contributed by atoms with Gasteiger partial charge in [-0.25, -0.2) is 12.8 Å². The van der Waals surface area contributed by atoms with E-state index in [1.165, 1.54) is 10.4 Å². The van der Waals surface area contributed by atoms with Crippen LogP contribution in [0.15, 0.2) is 23.1 Å². The van der Waals surface area contributed by atoms with Crippen LogP contribution in [0.4, 0.5) is 4.39 Å². The number of rotatable bonds is 3. The topological polar surface area (TPSA) is 57.6 Å². The van der Waals surface area contributed by atoms with Crippen LogP contribution in [0.3, 0.4) is 0 Å². The van der Waals surface area contributed by atoms with E-state index in [0.717, 1.165) is 18.6 Å². The van der Waals surface area contributed by atoms with Gasteiger partial charge in [-0.05, 0) is 37.0 Å². The molecule has 1 aromatic rings. The van der Waals surface area contributed by atoms with E-state index in [9.17, 15) is 12.8 Å². The minimum atomic E-state index is -3.81. The third kappa shape index (κ3) is 3.08. The lowest BCUT2D eigenvalue weighted by Crippen LogP contribution is -2.41. The summed E-state index contributed by atoms with van der Waals surface area (Å²) in [5.74, 6) is -0.713. The molecule has 1 aliphatic rings. The summed E-state index contributed by atoms with van der Waals surface area (Å²) in [6, 6.07) is 3.28. The first-order valence-corrected chi connectivity index (χ1v) is 7.83. The first-order chi connectivity index (χ1) is 8.95. The Morgan fingerprint density at radius 2 is 2.21 bits per heavy atom. The maximum atomic E-state index is 13.2. The fraction of sp³-hybridized carbons (Fsp3) is 0.500. The Morgan fingerprint density at radius 3 is 2.89 bits per heavy atom. The Kier molecular flexibility index (Phi) is 4.45. The molecule has 0 spiro atoms. The first-order valence-electron chi connectivity index (χ1n) is 6.01. The second-order valence-electron chi connectivity index (χ2n) is 4.63. The highest BCUT2D eigenvalue weighted by molar-refractivity contribution is 7.89. The molecular formula is C12H15ClFNO3S. The molecule has 1 atom stereocenters. The van der Waals surface area contributed by atoms with E-state index in [2.05, 4.69) is 0 Å². The summed E-state index contributed by atoms with van der Waals surface area (Å²) >= 11 is 5.85. The lowest BCUT2D eigenvalue weighted by atomic mass is 10.0. The number of benzene rings is 1. The van der Waals surface area contributed by atoms with Gasteiger partial charge in [-0.15, -0.1) is 0 Å². The minimum absolute atomic E-state index is 0.00696. The van der Waals surface area contributed by atoms with E-state index < -0.39 is 15.8 Å². The summed E-state index contributed by atoms with van der Waals surface area (Å²) in [5, 5.41) is 9.14. The summed E-state index contributed by atoms with van der Waals surface area (Å²) < 4.78 is 39.3. The second kappa shape index (κ2) is 5.75. The molecule has 0 bridgehead atoms. The van der Waals surface area contributed by atoms with Crippen LogP contribution >= 0.6 is 11.6 Å². The van der Waals surface area contributed by atoms with Crippen molar-refractivity contribution in [2.24, 2.45) is 5.92 Å². The molecule has 1 fully saturated rings.